The van der Waals surface area contributed by atoms with Gasteiger partial charge in [-0.3, -0.25) is 0 Å². The number of benzene rings is 2. The number of nitrogens with two attached hydrogens (primary N) is 1. The minimum Gasteiger partial charge on any atom is -0.397 e. The van der Waals surface area contributed by atoms with Gasteiger partial charge in [-0.1, -0.05) is 18.2 Å². The molecule has 4 N–H and O–H groups in total. The van der Waals surface area contributed by atoms with Crippen molar-refractivity contribution in [2.45, 2.75) is 20.3 Å². The number of hydrogen-bond acceptors (Lipinski definition) is 3. The molecular weight excluding hydrogens is 236 g/mol. The Morgan fingerprint density at radius 1 is 1.05 bits per heavy atom. The van der Waals surface area contributed by atoms with E-state index in [0.717, 1.165) is 22.6 Å². The van der Waals surface area contributed by atoms with Crippen LogP contribution >= 0.6 is 0 Å². The van der Waals surface area contributed by atoms with Gasteiger partial charge < -0.3 is 16.2 Å². The second kappa shape index (κ2) is 5.76. The van der Waals surface area contributed by atoms with E-state index in [4.69, 9.17) is 10.8 Å². The zero-order valence-corrected chi connectivity index (χ0v) is 11.4. The normalized spacial score (nSPS) is 10.5. The maximum absolute atomic E-state index is 9.09. The predicted molar refractivity (Wildman–Crippen MR) is 80.8 cm³/mol. The minimum absolute atomic E-state index is 0.140. The molecule has 0 amide bonds. The molecule has 0 fully saturated rings. The summed E-state index contributed by atoms with van der Waals surface area (Å²) in [5.41, 5.74) is 12.2. The highest BCUT2D eigenvalue weighted by molar-refractivity contribution is 5.75. The maximum Gasteiger partial charge on any atom is 0.0620 e. The molecule has 2 aromatic rings. The molecule has 19 heavy (non-hydrogen) atoms. The van der Waals surface area contributed by atoms with Crippen LogP contribution in [-0.2, 0) is 6.42 Å². The number of rotatable bonds is 4. The van der Waals surface area contributed by atoms with Crippen LogP contribution in [0.5, 0.6) is 0 Å². The van der Waals surface area contributed by atoms with Gasteiger partial charge >= 0.3 is 0 Å². The second-order valence-corrected chi connectivity index (χ2v) is 4.78. The lowest BCUT2D eigenvalue weighted by molar-refractivity contribution is 0.300. The van der Waals surface area contributed by atoms with E-state index in [1.165, 1.54) is 11.1 Å². The van der Waals surface area contributed by atoms with Crippen LogP contribution in [0.1, 0.15) is 16.7 Å². The van der Waals surface area contributed by atoms with Crippen LogP contribution < -0.4 is 11.1 Å². The van der Waals surface area contributed by atoms with Crippen LogP contribution in [0.4, 0.5) is 17.1 Å². The largest absolute Gasteiger partial charge is 0.397 e. The summed E-state index contributed by atoms with van der Waals surface area (Å²) in [4.78, 5) is 0. The van der Waals surface area contributed by atoms with Crippen molar-refractivity contribution < 1.29 is 5.11 Å². The molecule has 2 aromatic carbocycles. The van der Waals surface area contributed by atoms with Crippen molar-refractivity contribution in [2.24, 2.45) is 0 Å². The van der Waals surface area contributed by atoms with Crippen LogP contribution in [0, 0.1) is 13.8 Å². The molecule has 0 aromatic heterocycles. The van der Waals surface area contributed by atoms with Crippen molar-refractivity contribution in [2.75, 3.05) is 17.7 Å². The summed E-state index contributed by atoms with van der Waals surface area (Å²) in [5, 5.41) is 12.5. The molecule has 0 aliphatic heterocycles. The Balaban J connectivity index is 2.33. The second-order valence-electron chi connectivity index (χ2n) is 4.78. The van der Waals surface area contributed by atoms with E-state index in [2.05, 4.69) is 25.2 Å². The van der Waals surface area contributed by atoms with Crippen molar-refractivity contribution in [3.8, 4) is 0 Å². The summed E-state index contributed by atoms with van der Waals surface area (Å²) < 4.78 is 0. The first-order valence-corrected chi connectivity index (χ1v) is 6.44. The lowest BCUT2D eigenvalue weighted by Gasteiger charge is -2.15. The molecule has 0 aliphatic rings. The molecule has 0 saturated heterocycles. The van der Waals surface area contributed by atoms with Gasteiger partial charge in [0.15, 0.2) is 0 Å². The highest BCUT2D eigenvalue weighted by atomic mass is 16.2. The Bertz CT molecular complexity index is 579. The smallest absolute Gasteiger partial charge is 0.0620 e. The quantitative estimate of drug-likeness (QED) is 0.736. The first-order valence-electron chi connectivity index (χ1n) is 6.44. The van der Waals surface area contributed by atoms with Gasteiger partial charge in [-0.15, -0.1) is 0 Å². The molecule has 0 spiro atoms. The van der Waals surface area contributed by atoms with Crippen molar-refractivity contribution in [1.29, 1.82) is 0 Å². The van der Waals surface area contributed by atoms with E-state index in [-0.39, 0.29) is 6.61 Å². The van der Waals surface area contributed by atoms with Crippen molar-refractivity contribution in [1.82, 2.24) is 0 Å². The Morgan fingerprint density at radius 3 is 2.47 bits per heavy atom. The Kier molecular flexibility index (Phi) is 4.07. The number of aryl methyl sites for hydroxylation is 2. The fraction of sp³-hybridized carbons (Fsp3) is 0.250. The molecule has 0 atom stereocenters. The Labute approximate surface area is 114 Å². The molecular formula is C16H20N2O. The number of hydrogen-bond donors (Lipinski definition) is 3. The zero-order valence-electron chi connectivity index (χ0n) is 11.4. The van der Waals surface area contributed by atoms with E-state index >= 15 is 0 Å². The number of anilines is 3. The van der Waals surface area contributed by atoms with Gasteiger partial charge in [0.25, 0.3) is 0 Å². The topological polar surface area (TPSA) is 58.3 Å². The Morgan fingerprint density at radius 2 is 1.74 bits per heavy atom. The predicted octanol–water partition coefficient (Wildman–Crippen LogP) is 3.16. The van der Waals surface area contributed by atoms with E-state index in [1.54, 1.807) is 0 Å². The summed E-state index contributed by atoms with van der Waals surface area (Å²) in [6, 6.07) is 12.0. The van der Waals surface area contributed by atoms with Gasteiger partial charge in [0.05, 0.1) is 11.4 Å². The SMILES string of the molecule is Cc1cc(N)c(Nc2ccccc2CCO)cc1C. The molecule has 0 unspecified atom stereocenters. The molecule has 2 rings (SSSR count). The summed E-state index contributed by atoms with van der Waals surface area (Å²) >= 11 is 0. The van der Waals surface area contributed by atoms with Gasteiger partial charge in [0.1, 0.15) is 0 Å². The number of nitrogens with one attached hydrogen (secondary N) is 1. The lowest BCUT2D eigenvalue weighted by atomic mass is 10.1. The van der Waals surface area contributed by atoms with Crippen molar-refractivity contribution in [3.63, 3.8) is 0 Å². The summed E-state index contributed by atoms with van der Waals surface area (Å²) in [6.07, 6.45) is 0.633. The van der Waals surface area contributed by atoms with E-state index < -0.39 is 0 Å². The monoisotopic (exact) mass is 256 g/mol. The molecule has 100 valence electrons. The number of nitrogen functional groups attached to an aromatic ring is 1. The standard InChI is InChI=1S/C16H20N2O/c1-11-9-14(17)16(10-12(11)2)18-15-6-4-3-5-13(15)7-8-19/h3-6,9-10,18-19H,7-8,17H2,1-2H3. The third-order valence-corrected chi connectivity index (χ3v) is 3.33. The first kappa shape index (κ1) is 13.4. The fourth-order valence-electron chi connectivity index (χ4n) is 2.07. The third-order valence-electron chi connectivity index (χ3n) is 3.33. The number of para-hydroxylation sites is 1. The van der Waals surface area contributed by atoms with E-state index in [1.807, 2.05) is 30.3 Å². The molecule has 3 heteroatoms. The molecule has 0 heterocycles. The average Bonchev–Trinajstić information content (AvgIpc) is 2.38. The van der Waals surface area contributed by atoms with E-state index in [0.29, 0.717) is 6.42 Å². The number of aliphatic hydroxyl groups is 1. The molecule has 0 radical (unpaired) electrons. The van der Waals surface area contributed by atoms with Crippen LogP contribution in [0.25, 0.3) is 0 Å². The van der Waals surface area contributed by atoms with Gasteiger partial charge in [0, 0.05) is 12.3 Å². The third kappa shape index (κ3) is 3.06. The fourth-order valence-corrected chi connectivity index (χ4v) is 2.07. The molecule has 3 nitrogen and oxygen atoms in total. The lowest BCUT2D eigenvalue weighted by Crippen LogP contribution is -2.02. The Hall–Kier alpha value is -2.00. The molecule has 0 bridgehead atoms. The van der Waals surface area contributed by atoms with Gasteiger partial charge in [0.2, 0.25) is 0 Å². The average molecular weight is 256 g/mol. The summed E-state index contributed by atoms with van der Waals surface area (Å²) in [7, 11) is 0. The zero-order chi connectivity index (χ0) is 13.8. The number of aliphatic hydroxyl groups excluding tert-OH is 1. The first-order chi connectivity index (χ1) is 9.11. The summed E-state index contributed by atoms with van der Waals surface area (Å²) in [5.74, 6) is 0. The van der Waals surface area contributed by atoms with Crippen LogP contribution in [-0.4, -0.2) is 11.7 Å². The minimum atomic E-state index is 0.140. The van der Waals surface area contributed by atoms with Crippen LogP contribution in [0.3, 0.4) is 0 Å². The van der Waals surface area contributed by atoms with Gasteiger partial charge in [-0.2, -0.15) is 0 Å². The summed E-state index contributed by atoms with van der Waals surface area (Å²) in [6.45, 7) is 4.26. The maximum atomic E-state index is 9.09. The van der Waals surface area contributed by atoms with Gasteiger partial charge in [-0.25, -0.2) is 0 Å². The van der Waals surface area contributed by atoms with Crippen LogP contribution in [0.2, 0.25) is 0 Å². The van der Waals surface area contributed by atoms with Gasteiger partial charge in [-0.05, 0) is 55.2 Å². The van der Waals surface area contributed by atoms with Crippen molar-refractivity contribution in [3.05, 3.63) is 53.1 Å². The highest BCUT2D eigenvalue weighted by Crippen LogP contribution is 2.28. The van der Waals surface area contributed by atoms with E-state index in [9.17, 15) is 0 Å². The molecule has 0 saturated carbocycles. The molecule has 0 aliphatic carbocycles. The van der Waals surface area contributed by atoms with Crippen molar-refractivity contribution >= 4 is 17.1 Å². The van der Waals surface area contributed by atoms with Crippen LogP contribution in [0.15, 0.2) is 36.4 Å². The highest BCUT2D eigenvalue weighted by Gasteiger charge is 2.06.